The van der Waals surface area contributed by atoms with Crippen LogP contribution in [0.15, 0.2) is 48.5 Å². The van der Waals surface area contributed by atoms with Crippen molar-refractivity contribution in [3.8, 4) is 0 Å². The highest BCUT2D eigenvalue weighted by atomic mass is 35.5. The smallest absolute Gasteiger partial charge is 0.416 e. The molecule has 2 aromatic carbocycles. The molecule has 0 unspecified atom stereocenters. The van der Waals surface area contributed by atoms with Gasteiger partial charge in [0.1, 0.15) is 6.04 Å². The van der Waals surface area contributed by atoms with Gasteiger partial charge >= 0.3 is 12.1 Å². The van der Waals surface area contributed by atoms with Crippen LogP contribution in [-0.4, -0.2) is 30.4 Å². The largest absolute Gasteiger partial charge is 0.454 e. The van der Waals surface area contributed by atoms with Crippen LogP contribution < -0.4 is 10.6 Å². The van der Waals surface area contributed by atoms with Crippen LogP contribution in [0.5, 0.6) is 0 Å². The van der Waals surface area contributed by atoms with Crippen molar-refractivity contribution in [1.82, 2.24) is 5.32 Å². The van der Waals surface area contributed by atoms with Gasteiger partial charge in [-0.3, -0.25) is 9.59 Å². The molecular formula is C19H16ClF3N2O4. The maximum Gasteiger partial charge on any atom is 0.416 e. The fourth-order valence-corrected chi connectivity index (χ4v) is 2.34. The molecule has 1 atom stereocenters. The minimum absolute atomic E-state index is 0.110. The summed E-state index contributed by atoms with van der Waals surface area (Å²) < 4.78 is 43.0. The van der Waals surface area contributed by atoms with Gasteiger partial charge in [-0.15, -0.1) is 0 Å². The number of ether oxygens (including phenoxy) is 1. The Bertz CT molecular complexity index is 904. The summed E-state index contributed by atoms with van der Waals surface area (Å²) in [6.07, 6.45) is -4.61. The predicted molar refractivity (Wildman–Crippen MR) is 99.4 cm³/mol. The number of hydrogen-bond acceptors (Lipinski definition) is 4. The highest BCUT2D eigenvalue weighted by Gasteiger charge is 2.31. The van der Waals surface area contributed by atoms with Crippen LogP contribution in [0.3, 0.4) is 0 Å². The molecule has 0 heterocycles. The minimum atomic E-state index is -4.61. The van der Waals surface area contributed by atoms with E-state index >= 15 is 0 Å². The third kappa shape index (κ3) is 6.49. The molecule has 0 radical (unpaired) electrons. The van der Waals surface area contributed by atoms with Crippen LogP contribution in [-0.2, 0) is 20.5 Å². The lowest BCUT2D eigenvalue weighted by atomic mass is 10.2. The molecule has 2 rings (SSSR count). The lowest BCUT2D eigenvalue weighted by Gasteiger charge is -2.14. The average molecular weight is 429 g/mol. The summed E-state index contributed by atoms with van der Waals surface area (Å²) in [6.45, 7) is 0.599. The number of alkyl halides is 3. The zero-order chi connectivity index (χ0) is 21.6. The van der Waals surface area contributed by atoms with Gasteiger partial charge in [-0.2, -0.15) is 13.2 Å². The Hall–Kier alpha value is -3.07. The molecule has 0 saturated carbocycles. The van der Waals surface area contributed by atoms with E-state index in [4.69, 9.17) is 16.3 Å². The molecule has 0 fully saturated rings. The van der Waals surface area contributed by atoms with E-state index in [0.717, 1.165) is 12.1 Å². The van der Waals surface area contributed by atoms with Crippen LogP contribution in [0.2, 0.25) is 5.02 Å². The van der Waals surface area contributed by atoms with Gasteiger partial charge in [-0.25, -0.2) is 4.79 Å². The van der Waals surface area contributed by atoms with Crippen molar-refractivity contribution in [2.24, 2.45) is 0 Å². The number of carbonyl (C=O) groups excluding carboxylic acids is 3. The van der Waals surface area contributed by atoms with Crippen molar-refractivity contribution >= 4 is 35.1 Å². The van der Waals surface area contributed by atoms with E-state index in [-0.39, 0.29) is 10.7 Å². The Morgan fingerprint density at radius 2 is 1.76 bits per heavy atom. The van der Waals surface area contributed by atoms with Crippen LogP contribution in [0.4, 0.5) is 18.9 Å². The van der Waals surface area contributed by atoms with Crippen molar-refractivity contribution in [2.75, 3.05) is 11.9 Å². The molecule has 0 aliphatic carbocycles. The monoisotopic (exact) mass is 428 g/mol. The summed E-state index contributed by atoms with van der Waals surface area (Å²) in [6, 6.07) is 9.53. The number of anilines is 1. The normalized spacial score (nSPS) is 12.0. The first-order valence-corrected chi connectivity index (χ1v) is 8.65. The SMILES string of the molecule is C[C@@H](NC(=O)c1ccccc1)C(=O)OCC(=O)Nc1cc(C(F)(F)F)ccc1Cl. The molecule has 2 N–H and O–H groups in total. The van der Waals surface area contributed by atoms with Crippen LogP contribution in [0.1, 0.15) is 22.8 Å². The number of carbonyl (C=O) groups is 3. The molecule has 29 heavy (non-hydrogen) atoms. The van der Waals surface area contributed by atoms with Gasteiger partial charge in [-0.1, -0.05) is 29.8 Å². The molecule has 0 spiro atoms. The molecule has 0 bridgehead atoms. The average Bonchev–Trinajstić information content (AvgIpc) is 2.67. The third-order valence-corrected chi connectivity index (χ3v) is 3.98. The van der Waals surface area contributed by atoms with Crippen LogP contribution in [0, 0.1) is 0 Å². The van der Waals surface area contributed by atoms with Crippen molar-refractivity contribution in [3.63, 3.8) is 0 Å². The van der Waals surface area contributed by atoms with E-state index < -0.39 is 42.2 Å². The number of benzene rings is 2. The predicted octanol–water partition coefficient (Wildman–Crippen LogP) is 3.66. The van der Waals surface area contributed by atoms with Gasteiger partial charge in [0, 0.05) is 5.56 Å². The Labute approximate surface area is 169 Å². The maximum absolute atomic E-state index is 12.7. The standard InChI is InChI=1S/C19H16ClF3N2O4/c1-11(24-17(27)12-5-3-2-4-6-12)18(28)29-10-16(26)25-15-9-13(19(21,22)23)7-8-14(15)20/h2-9,11H,10H2,1H3,(H,24,27)(H,25,26)/t11-/m1/s1. The van der Waals surface area contributed by atoms with Crippen molar-refractivity contribution < 1.29 is 32.3 Å². The molecule has 154 valence electrons. The number of nitrogens with one attached hydrogen (secondary N) is 2. The molecular weight excluding hydrogens is 413 g/mol. The Balaban J connectivity index is 1.89. The summed E-state index contributed by atoms with van der Waals surface area (Å²) in [5, 5.41) is 4.45. The molecule has 2 aromatic rings. The molecule has 0 aromatic heterocycles. The van der Waals surface area contributed by atoms with Gasteiger partial charge in [0.15, 0.2) is 6.61 Å². The van der Waals surface area contributed by atoms with E-state index in [1.54, 1.807) is 30.3 Å². The fraction of sp³-hybridized carbons (Fsp3) is 0.211. The summed E-state index contributed by atoms with van der Waals surface area (Å²) in [4.78, 5) is 35.8. The van der Waals surface area contributed by atoms with Crippen molar-refractivity contribution in [2.45, 2.75) is 19.1 Å². The quantitative estimate of drug-likeness (QED) is 0.688. The second-order valence-corrected chi connectivity index (χ2v) is 6.32. The topological polar surface area (TPSA) is 84.5 Å². The summed E-state index contributed by atoms with van der Waals surface area (Å²) in [7, 11) is 0. The molecule has 0 saturated heterocycles. The minimum Gasteiger partial charge on any atom is -0.454 e. The number of amides is 2. The van der Waals surface area contributed by atoms with Gasteiger partial charge in [0.05, 0.1) is 16.3 Å². The second kappa shape index (κ2) is 9.42. The number of esters is 1. The number of hydrogen-bond donors (Lipinski definition) is 2. The highest BCUT2D eigenvalue weighted by molar-refractivity contribution is 6.33. The van der Waals surface area contributed by atoms with E-state index in [0.29, 0.717) is 11.6 Å². The first-order valence-electron chi connectivity index (χ1n) is 8.27. The fourth-order valence-electron chi connectivity index (χ4n) is 2.17. The van der Waals surface area contributed by atoms with Gasteiger partial charge in [0.2, 0.25) is 0 Å². The molecule has 6 nitrogen and oxygen atoms in total. The number of rotatable bonds is 6. The molecule has 0 aliphatic heterocycles. The van der Waals surface area contributed by atoms with E-state index in [1.165, 1.54) is 6.92 Å². The van der Waals surface area contributed by atoms with Crippen LogP contribution in [0.25, 0.3) is 0 Å². The zero-order valence-corrected chi connectivity index (χ0v) is 15.8. The van der Waals surface area contributed by atoms with Crippen molar-refractivity contribution in [1.29, 1.82) is 0 Å². The molecule has 10 heteroatoms. The lowest BCUT2D eigenvalue weighted by molar-refractivity contribution is -0.148. The first kappa shape index (κ1) is 22.2. The van der Waals surface area contributed by atoms with E-state index in [2.05, 4.69) is 10.6 Å². The lowest BCUT2D eigenvalue weighted by Crippen LogP contribution is -2.40. The first-order chi connectivity index (χ1) is 13.6. The van der Waals surface area contributed by atoms with Gasteiger partial charge in [0.25, 0.3) is 11.8 Å². The summed E-state index contributed by atoms with van der Waals surface area (Å²) >= 11 is 5.78. The van der Waals surface area contributed by atoms with Crippen LogP contribution >= 0.6 is 11.6 Å². The zero-order valence-electron chi connectivity index (χ0n) is 15.0. The molecule has 2 amide bonds. The van der Waals surface area contributed by atoms with Gasteiger partial charge in [-0.05, 0) is 37.3 Å². The van der Waals surface area contributed by atoms with Crippen molar-refractivity contribution in [3.05, 3.63) is 64.7 Å². The third-order valence-electron chi connectivity index (χ3n) is 3.65. The Kier molecular flexibility index (Phi) is 7.22. The van der Waals surface area contributed by atoms with Gasteiger partial charge < -0.3 is 15.4 Å². The Morgan fingerprint density at radius 1 is 1.10 bits per heavy atom. The molecule has 0 aliphatic rings. The summed E-state index contributed by atoms with van der Waals surface area (Å²) in [5.74, 6) is -2.28. The second-order valence-electron chi connectivity index (χ2n) is 5.91. The Morgan fingerprint density at radius 3 is 2.38 bits per heavy atom. The maximum atomic E-state index is 12.7. The summed E-state index contributed by atoms with van der Waals surface area (Å²) in [5.41, 5.74) is -0.927. The number of halogens is 4. The van der Waals surface area contributed by atoms with E-state index in [1.807, 2.05) is 0 Å². The highest BCUT2D eigenvalue weighted by Crippen LogP contribution is 2.33. The van der Waals surface area contributed by atoms with E-state index in [9.17, 15) is 27.6 Å².